The minimum Gasteiger partial charge on any atom is -0.349 e. The molecule has 4 rings (SSSR count). The number of rotatable bonds is 3. The molecule has 2 fully saturated rings. The summed E-state index contributed by atoms with van der Waals surface area (Å²) in [7, 11) is 0. The monoisotopic (exact) mass is 323 g/mol. The van der Waals surface area contributed by atoms with Crippen molar-refractivity contribution in [3.8, 4) is 5.69 Å². The number of carbonyl (C=O) groups excluding carboxylic acids is 1. The lowest BCUT2D eigenvalue weighted by molar-refractivity contribution is 0.0826. The fraction of sp³-hybridized carbons (Fsp3) is 0.500. The lowest BCUT2D eigenvalue weighted by Crippen LogP contribution is -2.46. The van der Waals surface area contributed by atoms with Crippen LogP contribution in [0.15, 0.2) is 42.7 Å². The molecular formula is C20H25N3O. The Morgan fingerprint density at radius 2 is 2.00 bits per heavy atom. The molecule has 0 saturated heterocycles. The molecular weight excluding hydrogens is 298 g/mol. The third-order valence-electron chi connectivity index (χ3n) is 7.00. The van der Waals surface area contributed by atoms with Crippen molar-refractivity contribution >= 4 is 5.91 Å². The summed E-state index contributed by atoms with van der Waals surface area (Å²) in [6.07, 6.45) is 7.27. The Kier molecular flexibility index (Phi) is 3.34. The lowest BCUT2D eigenvalue weighted by atomic mass is 9.69. The van der Waals surface area contributed by atoms with Gasteiger partial charge in [0.25, 0.3) is 5.91 Å². The molecule has 0 aliphatic heterocycles. The van der Waals surface area contributed by atoms with Crippen molar-refractivity contribution in [3.63, 3.8) is 0 Å². The van der Waals surface area contributed by atoms with Crippen LogP contribution >= 0.6 is 0 Å². The van der Waals surface area contributed by atoms with Crippen LogP contribution in [0.1, 0.15) is 50.4 Å². The van der Waals surface area contributed by atoms with Crippen molar-refractivity contribution < 1.29 is 4.79 Å². The van der Waals surface area contributed by atoms with Gasteiger partial charge in [0.05, 0.1) is 5.69 Å². The van der Waals surface area contributed by atoms with Crippen LogP contribution in [0.3, 0.4) is 0 Å². The summed E-state index contributed by atoms with van der Waals surface area (Å²) in [4.78, 5) is 12.7. The number of hydrogen-bond acceptors (Lipinski definition) is 2. The number of benzene rings is 1. The largest absolute Gasteiger partial charge is 0.349 e. The first-order valence-corrected chi connectivity index (χ1v) is 8.83. The zero-order chi connectivity index (χ0) is 16.9. The van der Waals surface area contributed by atoms with Crippen molar-refractivity contribution in [2.45, 2.75) is 46.1 Å². The van der Waals surface area contributed by atoms with E-state index in [1.54, 1.807) is 10.9 Å². The van der Waals surface area contributed by atoms with Crippen molar-refractivity contribution in [3.05, 3.63) is 48.3 Å². The molecule has 3 unspecified atom stereocenters. The maximum absolute atomic E-state index is 12.7. The van der Waals surface area contributed by atoms with E-state index in [-0.39, 0.29) is 17.4 Å². The summed E-state index contributed by atoms with van der Waals surface area (Å²) in [5.74, 6) is 0.770. The van der Waals surface area contributed by atoms with E-state index >= 15 is 0 Å². The van der Waals surface area contributed by atoms with E-state index in [0.717, 1.165) is 23.6 Å². The molecule has 0 spiro atoms. The molecule has 2 aliphatic rings. The highest BCUT2D eigenvalue weighted by Crippen LogP contribution is 2.65. The summed E-state index contributed by atoms with van der Waals surface area (Å²) in [5.41, 5.74) is 2.21. The van der Waals surface area contributed by atoms with Gasteiger partial charge >= 0.3 is 0 Å². The second-order valence-electron chi connectivity index (χ2n) is 8.13. The molecule has 24 heavy (non-hydrogen) atoms. The molecule has 2 bridgehead atoms. The topological polar surface area (TPSA) is 46.9 Å². The molecule has 4 heteroatoms. The number of nitrogens with zero attached hydrogens (tertiary/aromatic N) is 2. The van der Waals surface area contributed by atoms with Crippen LogP contribution in [0, 0.1) is 16.7 Å². The number of carbonyl (C=O) groups is 1. The van der Waals surface area contributed by atoms with E-state index in [4.69, 9.17) is 0 Å². The normalized spacial score (nSPS) is 30.5. The van der Waals surface area contributed by atoms with Crippen LogP contribution in [-0.2, 0) is 0 Å². The highest BCUT2D eigenvalue weighted by Gasteiger charge is 2.61. The van der Waals surface area contributed by atoms with Gasteiger partial charge in [-0.2, -0.15) is 5.10 Å². The Morgan fingerprint density at radius 3 is 2.54 bits per heavy atom. The van der Waals surface area contributed by atoms with Gasteiger partial charge in [-0.3, -0.25) is 4.79 Å². The molecule has 1 aromatic carbocycles. The van der Waals surface area contributed by atoms with Crippen molar-refractivity contribution in [2.24, 2.45) is 16.7 Å². The Morgan fingerprint density at radius 1 is 1.25 bits per heavy atom. The Labute approximate surface area is 143 Å². The van der Waals surface area contributed by atoms with E-state index < -0.39 is 0 Å². The molecule has 1 heterocycles. The van der Waals surface area contributed by atoms with Gasteiger partial charge in [0.1, 0.15) is 0 Å². The molecule has 1 aromatic heterocycles. The summed E-state index contributed by atoms with van der Waals surface area (Å²) in [5, 5.41) is 7.53. The quantitative estimate of drug-likeness (QED) is 0.933. The predicted octanol–water partition coefficient (Wildman–Crippen LogP) is 3.82. The second kappa shape index (κ2) is 5.20. The number of amides is 1. The van der Waals surface area contributed by atoms with Gasteiger partial charge in [-0.15, -0.1) is 0 Å². The number of fused-ring (bicyclic) bond motifs is 2. The predicted molar refractivity (Wildman–Crippen MR) is 94.0 cm³/mol. The van der Waals surface area contributed by atoms with Gasteiger partial charge in [-0.1, -0.05) is 20.8 Å². The number of hydrogen-bond donors (Lipinski definition) is 1. The van der Waals surface area contributed by atoms with Gasteiger partial charge in [0, 0.05) is 24.0 Å². The molecule has 126 valence electrons. The van der Waals surface area contributed by atoms with E-state index in [9.17, 15) is 4.79 Å². The van der Waals surface area contributed by atoms with Crippen LogP contribution in [-0.4, -0.2) is 21.7 Å². The summed E-state index contributed by atoms with van der Waals surface area (Å²) < 4.78 is 1.79. The van der Waals surface area contributed by atoms with Crippen LogP contribution in [0.2, 0.25) is 0 Å². The Hall–Kier alpha value is -2.10. The first kappa shape index (κ1) is 15.4. The summed E-state index contributed by atoms with van der Waals surface area (Å²) in [6, 6.07) is 9.81. The van der Waals surface area contributed by atoms with Gasteiger partial charge in [-0.05, 0) is 66.3 Å². The Balaban J connectivity index is 1.49. The molecule has 0 radical (unpaired) electrons. The number of aromatic nitrogens is 2. The highest BCUT2D eigenvalue weighted by molar-refractivity contribution is 5.94. The molecule has 2 aliphatic carbocycles. The first-order valence-electron chi connectivity index (χ1n) is 8.83. The average molecular weight is 323 g/mol. The molecule has 2 aromatic rings. The van der Waals surface area contributed by atoms with Crippen LogP contribution in [0.4, 0.5) is 0 Å². The van der Waals surface area contributed by atoms with Crippen LogP contribution in [0.5, 0.6) is 0 Å². The SMILES string of the molecule is CC1(C)C2CCC1(C)C(NC(=O)c1ccc(-n3cccn3)cc1)C2. The minimum absolute atomic E-state index is 0.0385. The highest BCUT2D eigenvalue weighted by atomic mass is 16.1. The smallest absolute Gasteiger partial charge is 0.251 e. The number of nitrogens with one attached hydrogen (secondary N) is 1. The maximum atomic E-state index is 12.7. The zero-order valence-electron chi connectivity index (χ0n) is 14.6. The van der Waals surface area contributed by atoms with Crippen molar-refractivity contribution in [1.29, 1.82) is 0 Å². The fourth-order valence-corrected chi connectivity index (χ4v) is 4.85. The minimum atomic E-state index is 0.0385. The van der Waals surface area contributed by atoms with Gasteiger partial charge in [-0.25, -0.2) is 4.68 Å². The fourth-order valence-electron chi connectivity index (χ4n) is 4.85. The van der Waals surface area contributed by atoms with Gasteiger partial charge in [0.15, 0.2) is 0 Å². The molecule has 4 nitrogen and oxygen atoms in total. The summed E-state index contributed by atoms with van der Waals surface area (Å²) in [6.45, 7) is 7.09. The second-order valence-corrected chi connectivity index (χ2v) is 8.13. The third kappa shape index (κ3) is 2.12. The van der Waals surface area contributed by atoms with Crippen LogP contribution in [0.25, 0.3) is 5.69 Å². The van der Waals surface area contributed by atoms with Gasteiger partial charge < -0.3 is 5.32 Å². The Bertz CT molecular complexity index is 748. The standard InChI is InChI=1S/C20H25N3O/c1-19(2)15-9-10-20(19,3)17(13-15)22-18(24)14-5-7-16(8-6-14)23-12-4-11-21-23/h4-8,11-12,15,17H,9-10,13H2,1-3H3,(H,22,24). The van der Waals surface area contributed by atoms with Crippen molar-refractivity contribution in [1.82, 2.24) is 15.1 Å². The van der Waals surface area contributed by atoms with E-state index in [1.807, 2.05) is 36.5 Å². The van der Waals surface area contributed by atoms with Crippen molar-refractivity contribution in [2.75, 3.05) is 0 Å². The van der Waals surface area contributed by atoms with E-state index in [2.05, 4.69) is 31.2 Å². The summed E-state index contributed by atoms with van der Waals surface area (Å²) >= 11 is 0. The molecule has 1 amide bonds. The van der Waals surface area contributed by atoms with E-state index in [0.29, 0.717) is 5.41 Å². The molecule has 3 atom stereocenters. The van der Waals surface area contributed by atoms with E-state index in [1.165, 1.54) is 12.8 Å². The average Bonchev–Trinajstić information content (AvgIpc) is 3.22. The lowest BCUT2D eigenvalue weighted by Gasteiger charge is -2.39. The first-order chi connectivity index (χ1) is 11.4. The molecule has 1 N–H and O–H groups in total. The maximum Gasteiger partial charge on any atom is 0.251 e. The third-order valence-corrected chi connectivity index (χ3v) is 7.00. The van der Waals surface area contributed by atoms with Crippen LogP contribution < -0.4 is 5.32 Å². The van der Waals surface area contributed by atoms with Gasteiger partial charge in [0.2, 0.25) is 0 Å². The zero-order valence-corrected chi connectivity index (χ0v) is 14.6. The molecule has 2 saturated carbocycles.